The highest BCUT2D eigenvalue weighted by Gasteiger charge is 2.45. The smallest absolute Gasteiger partial charge is 0.251 e. The summed E-state index contributed by atoms with van der Waals surface area (Å²) >= 11 is 0. The van der Waals surface area contributed by atoms with E-state index in [2.05, 4.69) is 41.6 Å². The second-order valence-electron chi connectivity index (χ2n) is 15.6. The largest absolute Gasteiger partial charge is 0.506 e. The Morgan fingerprint density at radius 2 is 1.54 bits per heavy atom. The molecule has 6 atom stereocenters. The number of nitrogens with zero attached hydrogens (tertiary/aromatic N) is 2. The molecule has 1 fully saturated rings. The number of phenols is 1. The highest BCUT2D eigenvalue weighted by atomic mass is 16.7. The highest BCUT2D eigenvalue weighted by Crippen LogP contribution is 2.35. The Bertz CT molecular complexity index is 1540. The van der Waals surface area contributed by atoms with Crippen LogP contribution in [0, 0.1) is 16.7 Å². The van der Waals surface area contributed by atoms with Gasteiger partial charge in [-0.3, -0.25) is 14.4 Å². The van der Waals surface area contributed by atoms with E-state index in [-0.39, 0.29) is 74.0 Å². The number of ether oxygens (including phenoxy) is 4. The van der Waals surface area contributed by atoms with Crippen molar-refractivity contribution in [3.05, 3.63) is 53.6 Å². The molecule has 15 nitrogen and oxygen atoms in total. The summed E-state index contributed by atoms with van der Waals surface area (Å²) < 4.78 is 22.1. The van der Waals surface area contributed by atoms with E-state index in [9.17, 15) is 34.8 Å². The molecule has 6 N–H and O–H groups in total. The number of nitrogens with one attached hydrogen (secondary N) is 2. The van der Waals surface area contributed by atoms with Gasteiger partial charge in [-0.1, -0.05) is 47.6 Å². The van der Waals surface area contributed by atoms with E-state index < -0.39 is 48.6 Å². The third kappa shape index (κ3) is 14.4. The first-order valence-corrected chi connectivity index (χ1v) is 18.2. The fourth-order valence-electron chi connectivity index (χ4n) is 5.96. The van der Waals surface area contributed by atoms with Gasteiger partial charge in [0.25, 0.3) is 5.91 Å². The van der Waals surface area contributed by atoms with E-state index in [0.29, 0.717) is 17.7 Å². The van der Waals surface area contributed by atoms with Gasteiger partial charge in [0.2, 0.25) is 5.91 Å². The third-order valence-corrected chi connectivity index (χ3v) is 8.56. The molecular weight excluding hydrogens is 700 g/mol. The second-order valence-corrected chi connectivity index (χ2v) is 15.6. The van der Waals surface area contributed by atoms with Crippen LogP contribution in [-0.4, -0.2) is 115 Å². The van der Waals surface area contributed by atoms with E-state index in [4.69, 9.17) is 18.9 Å². The van der Waals surface area contributed by atoms with Crippen molar-refractivity contribution in [2.45, 2.75) is 92.0 Å². The first-order valence-electron chi connectivity index (χ1n) is 18.2. The van der Waals surface area contributed by atoms with Gasteiger partial charge in [0.05, 0.1) is 45.3 Å². The maximum absolute atomic E-state index is 13.3. The molecule has 0 bridgehead atoms. The van der Waals surface area contributed by atoms with Crippen molar-refractivity contribution in [3.63, 3.8) is 0 Å². The van der Waals surface area contributed by atoms with Crippen LogP contribution < -0.4 is 10.6 Å². The minimum Gasteiger partial charge on any atom is -0.506 e. The average Bonchev–Trinajstić information content (AvgIpc) is 3.10. The number of aliphatic hydroxyl groups is 3. The van der Waals surface area contributed by atoms with Crippen LogP contribution in [-0.2, 0) is 35.0 Å². The zero-order valence-electron chi connectivity index (χ0n) is 32.4. The van der Waals surface area contributed by atoms with Crippen LogP contribution >= 0.6 is 0 Å². The van der Waals surface area contributed by atoms with Gasteiger partial charge in [0.1, 0.15) is 41.6 Å². The zero-order chi connectivity index (χ0) is 40.1. The van der Waals surface area contributed by atoms with Gasteiger partial charge in [-0.05, 0) is 60.2 Å². The van der Waals surface area contributed by atoms with E-state index >= 15 is 0 Å². The molecule has 2 aromatic rings. The number of carbonyl (C=O) groups is 3. The van der Waals surface area contributed by atoms with Crippen LogP contribution in [0.4, 0.5) is 11.4 Å². The first-order chi connectivity index (χ1) is 25.4. The molecule has 0 aliphatic carbocycles. The van der Waals surface area contributed by atoms with Gasteiger partial charge in [0.15, 0.2) is 6.29 Å². The standard InChI is InChI=1S/C39H58N4O11/c1-24(45)41-32-34(48)33(47)31(23-44)54-37(32)53-19-18-52-17-16-51-15-14-40-36(50)26-9-11-28(12-10-26)42-43-29-21-25(8-13-30(29)46)20-27(22-38(2,3)4)35(49)39(5,6)7/h8-13,21,27,31-34,37,44,46-48H,14-20,22-23H2,1-7H3,(H,40,50)(H,41,45)/t27?,31?,32?,33-,34+,37+/m0/s1. The maximum Gasteiger partial charge on any atom is 0.251 e. The molecule has 1 heterocycles. The van der Waals surface area contributed by atoms with Crippen molar-refractivity contribution in [1.82, 2.24) is 10.6 Å². The fraction of sp³-hybridized carbons (Fsp3) is 0.615. The summed E-state index contributed by atoms with van der Waals surface area (Å²) in [6.45, 7) is 14.1. The molecule has 0 saturated carbocycles. The van der Waals surface area contributed by atoms with E-state index in [0.717, 1.165) is 12.0 Å². The lowest BCUT2D eigenvalue weighted by Crippen LogP contribution is -2.64. The number of aliphatic hydroxyl groups excluding tert-OH is 3. The molecule has 2 amide bonds. The van der Waals surface area contributed by atoms with Gasteiger partial charge in [-0.15, -0.1) is 5.11 Å². The summed E-state index contributed by atoms with van der Waals surface area (Å²) in [5.74, 6) is -0.741. The Hall–Kier alpha value is -3.83. The maximum atomic E-state index is 13.3. The van der Waals surface area contributed by atoms with Crippen LogP contribution in [0.3, 0.4) is 0 Å². The molecule has 0 aromatic heterocycles. The van der Waals surface area contributed by atoms with E-state index in [1.54, 1.807) is 42.5 Å². The monoisotopic (exact) mass is 758 g/mol. The normalized spacial score (nSPS) is 21.2. The minimum absolute atomic E-state index is 0.0279. The van der Waals surface area contributed by atoms with Crippen LogP contribution in [0.5, 0.6) is 5.75 Å². The number of Topliss-reactive ketones (excluding diaryl/α,β-unsaturated/α-hetero) is 1. The predicted octanol–water partition coefficient (Wildman–Crippen LogP) is 3.74. The molecule has 3 rings (SSSR count). The van der Waals surface area contributed by atoms with Gasteiger partial charge >= 0.3 is 0 Å². The van der Waals surface area contributed by atoms with Crippen molar-refractivity contribution < 1.29 is 53.8 Å². The molecule has 0 radical (unpaired) electrons. The topological polar surface area (TPSA) is 218 Å². The number of ketones is 1. The molecule has 2 aromatic carbocycles. The van der Waals surface area contributed by atoms with Crippen molar-refractivity contribution in [1.29, 1.82) is 0 Å². The average molecular weight is 759 g/mol. The minimum atomic E-state index is -1.39. The molecule has 300 valence electrons. The number of amides is 2. The first kappa shape index (κ1) is 44.6. The number of rotatable bonds is 19. The number of benzene rings is 2. The summed E-state index contributed by atoms with van der Waals surface area (Å²) in [5.41, 5.74) is 1.58. The summed E-state index contributed by atoms with van der Waals surface area (Å²) in [6, 6.07) is 10.6. The van der Waals surface area contributed by atoms with Crippen LogP contribution in [0.15, 0.2) is 52.7 Å². The van der Waals surface area contributed by atoms with Crippen molar-refractivity contribution in [2.75, 3.05) is 46.2 Å². The van der Waals surface area contributed by atoms with Crippen LogP contribution in [0.2, 0.25) is 0 Å². The molecule has 1 aliphatic rings. The summed E-state index contributed by atoms with van der Waals surface area (Å²) in [5, 5.41) is 54.0. The fourth-order valence-corrected chi connectivity index (χ4v) is 5.96. The predicted molar refractivity (Wildman–Crippen MR) is 200 cm³/mol. The number of hydrogen-bond donors (Lipinski definition) is 6. The second kappa shape index (κ2) is 20.7. The van der Waals surface area contributed by atoms with Crippen molar-refractivity contribution in [2.24, 2.45) is 27.0 Å². The summed E-state index contributed by atoms with van der Waals surface area (Å²) in [7, 11) is 0. The van der Waals surface area contributed by atoms with Crippen molar-refractivity contribution in [3.8, 4) is 5.75 Å². The zero-order valence-corrected chi connectivity index (χ0v) is 32.4. The Kier molecular flexibility index (Phi) is 17.1. The van der Waals surface area contributed by atoms with Gasteiger partial charge in [-0.2, -0.15) is 5.11 Å². The third-order valence-electron chi connectivity index (χ3n) is 8.56. The molecule has 15 heteroatoms. The number of phenolic OH excluding ortho intramolecular Hbond substituents is 1. The molecular formula is C39H58N4O11. The Labute approximate surface area is 317 Å². The molecule has 1 aliphatic heterocycles. The van der Waals surface area contributed by atoms with Gasteiger partial charge < -0.3 is 50.0 Å². The van der Waals surface area contributed by atoms with E-state index in [1.165, 1.54) is 6.92 Å². The SMILES string of the molecule is CC(=O)NC1[C@H](OCCOCCOCCNC(=O)c2ccc(N=Nc3cc(CC(CC(C)(C)C)C(=O)C(C)(C)C)ccc3O)cc2)OC(CO)[C@H](O)[C@@H]1O. The lowest BCUT2D eigenvalue weighted by Gasteiger charge is -2.42. The van der Waals surface area contributed by atoms with Crippen molar-refractivity contribution >= 4 is 29.0 Å². The summed E-state index contributed by atoms with van der Waals surface area (Å²) in [6.07, 6.45) is -3.68. The number of aromatic hydroxyl groups is 1. The van der Waals surface area contributed by atoms with Gasteiger partial charge in [-0.25, -0.2) is 0 Å². The van der Waals surface area contributed by atoms with Gasteiger partial charge in [0, 0.05) is 30.4 Å². The summed E-state index contributed by atoms with van der Waals surface area (Å²) in [4.78, 5) is 37.4. The molecule has 1 saturated heterocycles. The number of hydrogen-bond acceptors (Lipinski definition) is 13. The Balaban J connectivity index is 1.38. The highest BCUT2D eigenvalue weighted by molar-refractivity contribution is 5.94. The van der Waals surface area contributed by atoms with Crippen LogP contribution in [0.1, 0.15) is 70.8 Å². The molecule has 54 heavy (non-hydrogen) atoms. The Morgan fingerprint density at radius 3 is 2.15 bits per heavy atom. The van der Waals surface area contributed by atoms with E-state index in [1.807, 2.05) is 20.8 Å². The number of azo groups is 1. The Morgan fingerprint density at radius 1 is 0.889 bits per heavy atom. The number of carbonyl (C=O) groups excluding carboxylic acids is 3. The molecule has 0 spiro atoms. The van der Waals surface area contributed by atoms with Crippen LogP contribution in [0.25, 0.3) is 0 Å². The lowest BCUT2D eigenvalue weighted by atomic mass is 9.73. The lowest BCUT2D eigenvalue weighted by molar-refractivity contribution is -0.272. The molecule has 3 unspecified atom stereocenters. The quantitative estimate of drug-likeness (QED) is 0.0896.